The molecule has 1 N–H and O–H groups in total. The molecule has 0 unspecified atom stereocenters. The van der Waals surface area contributed by atoms with E-state index in [9.17, 15) is 9.18 Å². The number of halogens is 1. The first-order chi connectivity index (χ1) is 17.9. The van der Waals surface area contributed by atoms with Crippen LogP contribution in [0.4, 0.5) is 10.1 Å². The molecule has 0 radical (unpaired) electrons. The van der Waals surface area contributed by atoms with E-state index in [-0.39, 0.29) is 11.7 Å². The number of ether oxygens (including phenoxy) is 1. The summed E-state index contributed by atoms with van der Waals surface area (Å²) in [4.78, 5) is 15.3. The fraction of sp³-hybridized carbons (Fsp3) is 0.333. The maximum absolute atomic E-state index is 13.1. The normalized spacial score (nSPS) is 14.7. The number of nitrogens with one attached hydrogen (secondary N) is 1. The van der Waals surface area contributed by atoms with Crippen LogP contribution in [0.2, 0.25) is 0 Å². The van der Waals surface area contributed by atoms with Gasteiger partial charge in [0.2, 0.25) is 0 Å². The molecule has 192 valence electrons. The van der Waals surface area contributed by atoms with Gasteiger partial charge in [-0.3, -0.25) is 9.48 Å². The van der Waals surface area contributed by atoms with E-state index in [1.165, 1.54) is 38.1 Å². The van der Waals surface area contributed by atoms with Crippen molar-refractivity contribution in [1.82, 2.24) is 14.7 Å². The van der Waals surface area contributed by atoms with Crippen LogP contribution in [0.5, 0.6) is 5.75 Å². The molecule has 0 aliphatic carbocycles. The van der Waals surface area contributed by atoms with E-state index in [1.54, 1.807) is 36.4 Å². The molecule has 0 spiro atoms. The van der Waals surface area contributed by atoms with Gasteiger partial charge in [0.1, 0.15) is 18.2 Å². The second-order valence-corrected chi connectivity index (χ2v) is 9.97. The molecular formula is C30H33FN4O2. The van der Waals surface area contributed by atoms with E-state index < -0.39 is 0 Å². The molecule has 1 amide bonds. The van der Waals surface area contributed by atoms with E-state index in [0.717, 1.165) is 46.7 Å². The number of amides is 1. The third-order valence-corrected chi connectivity index (χ3v) is 7.22. The lowest BCUT2D eigenvalue weighted by atomic mass is 9.94. The van der Waals surface area contributed by atoms with Gasteiger partial charge in [-0.15, -0.1) is 0 Å². The summed E-state index contributed by atoms with van der Waals surface area (Å²) >= 11 is 0. The zero-order chi connectivity index (χ0) is 25.8. The minimum Gasteiger partial charge on any atom is -0.489 e. The first-order valence-electron chi connectivity index (χ1n) is 12.9. The summed E-state index contributed by atoms with van der Waals surface area (Å²) in [5.74, 6) is 0.927. The molecule has 2 heterocycles. The molecule has 1 fully saturated rings. The molecular weight excluding hydrogens is 467 g/mol. The van der Waals surface area contributed by atoms with Gasteiger partial charge in [-0.25, -0.2) is 4.39 Å². The van der Waals surface area contributed by atoms with Crippen LogP contribution >= 0.6 is 0 Å². The number of carbonyl (C=O) groups excluding carboxylic acids is 1. The summed E-state index contributed by atoms with van der Waals surface area (Å²) in [5, 5.41) is 8.91. The van der Waals surface area contributed by atoms with E-state index in [4.69, 9.17) is 9.84 Å². The Balaban J connectivity index is 1.21. The van der Waals surface area contributed by atoms with Crippen molar-refractivity contribution in [3.8, 4) is 5.75 Å². The molecule has 0 atom stereocenters. The molecule has 37 heavy (non-hydrogen) atoms. The summed E-state index contributed by atoms with van der Waals surface area (Å²) in [6.45, 7) is 5.58. The van der Waals surface area contributed by atoms with Gasteiger partial charge in [0.15, 0.2) is 0 Å². The van der Waals surface area contributed by atoms with Crippen molar-refractivity contribution in [2.24, 2.45) is 5.92 Å². The molecule has 3 aromatic carbocycles. The number of aromatic nitrogens is 2. The Morgan fingerprint density at radius 3 is 2.51 bits per heavy atom. The van der Waals surface area contributed by atoms with Gasteiger partial charge in [0, 0.05) is 23.2 Å². The largest absolute Gasteiger partial charge is 0.489 e. The number of aryl methyl sites for hydroxylation is 2. The Labute approximate surface area is 217 Å². The number of likely N-dealkylation sites (tertiary alicyclic amines) is 1. The van der Waals surface area contributed by atoms with Gasteiger partial charge < -0.3 is 15.0 Å². The number of anilines is 1. The van der Waals surface area contributed by atoms with Crippen molar-refractivity contribution in [1.29, 1.82) is 0 Å². The second kappa shape index (κ2) is 11.1. The van der Waals surface area contributed by atoms with Crippen LogP contribution in [0.1, 0.15) is 40.9 Å². The van der Waals surface area contributed by atoms with Crippen LogP contribution in [0.25, 0.3) is 10.9 Å². The van der Waals surface area contributed by atoms with Gasteiger partial charge in [-0.05, 0) is 112 Å². The standard InChI is InChI=1S/C30H33FN4O2/c1-21-28-12-9-26(19-29(28)35(33-21)18-15-22-13-16-34(2)17-14-22)32-30(36)24-5-10-27(11-6-24)37-20-23-3-7-25(31)8-4-23/h3-12,19,22H,13-18,20H2,1-2H3,(H,32,36). The van der Waals surface area contributed by atoms with Gasteiger partial charge in [-0.1, -0.05) is 12.1 Å². The van der Waals surface area contributed by atoms with Crippen LogP contribution in [-0.2, 0) is 13.2 Å². The minimum absolute atomic E-state index is 0.182. The average molecular weight is 501 g/mol. The smallest absolute Gasteiger partial charge is 0.255 e. The molecule has 6 nitrogen and oxygen atoms in total. The fourth-order valence-corrected chi connectivity index (χ4v) is 4.90. The third kappa shape index (κ3) is 6.17. The zero-order valence-electron chi connectivity index (χ0n) is 21.4. The van der Waals surface area contributed by atoms with Crippen LogP contribution < -0.4 is 10.1 Å². The fourth-order valence-electron chi connectivity index (χ4n) is 4.90. The predicted molar refractivity (Wildman–Crippen MR) is 144 cm³/mol. The number of rotatable bonds is 8. The molecule has 1 aromatic heterocycles. The van der Waals surface area contributed by atoms with Gasteiger partial charge in [0.25, 0.3) is 5.91 Å². The van der Waals surface area contributed by atoms with Crippen LogP contribution in [-0.4, -0.2) is 40.7 Å². The first kappa shape index (κ1) is 25.0. The maximum atomic E-state index is 13.1. The van der Waals surface area contributed by atoms with E-state index in [1.807, 2.05) is 25.1 Å². The van der Waals surface area contributed by atoms with E-state index >= 15 is 0 Å². The highest BCUT2D eigenvalue weighted by molar-refractivity contribution is 6.05. The minimum atomic E-state index is -0.273. The average Bonchev–Trinajstić information content (AvgIpc) is 3.23. The van der Waals surface area contributed by atoms with Crippen molar-refractivity contribution < 1.29 is 13.9 Å². The summed E-state index contributed by atoms with van der Waals surface area (Å²) in [6, 6.07) is 19.2. The molecule has 5 rings (SSSR count). The van der Waals surface area contributed by atoms with Crippen molar-refractivity contribution in [3.63, 3.8) is 0 Å². The zero-order valence-corrected chi connectivity index (χ0v) is 21.4. The molecule has 1 aliphatic rings. The Morgan fingerprint density at radius 1 is 1.05 bits per heavy atom. The van der Waals surface area contributed by atoms with Crippen LogP contribution in [0, 0.1) is 18.7 Å². The number of fused-ring (bicyclic) bond motifs is 1. The topological polar surface area (TPSA) is 59.4 Å². The molecule has 7 heteroatoms. The number of hydrogen-bond acceptors (Lipinski definition) is 4. The second-order valence-electron chi connectivity index (χ2n) is 9.97. The number of carbonyl (C=O) groups is 1. The lowest BCUT2D eigenvalue weighted by molar-refractivity contribution is 0.102. The first-order valence-corrected chi connectivity index (χ1v) is 12.9. The molecule has 4 aromatic rings. The summed E-state index contributed by atoms with van der Waals surface area (Å²) in [7, 11) is 2.19. The quantitative estimate of drug-likeness (QED) is 0.320. The molecule has 1 saturated heterocycles. The highest BCUT2D eigenvalue weighted by Crippen LogP contribution is 2.26. The SMILES string of the molecule is Cc1nn(CCC2CCN(C)CC2)c2cc(NC(=O)c3ccc(OCc4ccc(F)cc4)cc3)ccc12. The van der Waals surface area contributed by atoms with Crippen molar-refractivity contribution in [2.75, 3.05) is 25.5 Å². The van der Waals surface area contributed by atoms with Crippen LogP contribution in [0.15, 0.2) is 66.7 Å². The Morgan fingerprint density at radius 2 is 1.78 bits per heavy atom. The molecule has 0 saturated carbocycles. The summed E-state index contributed by atoms with van der Waals surface area (Å²) in [6.07, 6.45) is 3.61. The number of nitrogens with zero attached hydrogens (tertiary/aromatic N) is 3. The van der Waals surface area contributed by atoms with Crippen LogP contribution in [0.3, 0.4) is 0 Å². The Kier molecular flexibility index (Phi) is 7.51. The van der Waals surface area contributed by atoms with Crippen molar-refractivity contribution >= 4 is 22.5 Å². The maximum Gasteiger partial charge on any atom is 0.255 e. The number of benzene rings is 3. The van der Waals surface area contributed by atoms with Gasteiger partial charge >= 0.3 is 0 Å². The van der Waals surface area contributed by atoms with Crippen molar-refractivity contribution in [2.45, 2.75) is 39.3 Å². The molecule has 1 aliphatic heterocycles. The Hall–Kier alpha value is -3.71. The number of piperidine rings is 1. The number of hydrogen-bond donors (Lipinski definition) is 1. The summed E-state index contributed by atoms with van der Waals surface area (Å²) < 4.78 is 20.9. The lowest BCUT2D eigenvalue weighted by Gasteiger charge is -2.28. The van der Waals surface area contributed by atoms with Gasteiger partial charge in [0.05, 0.1) is 11.2 Å². The van der Waals surface area contributed by atoms with E-state index in [2.05, 4.69) is 21.9 Å². The monoisotopic (exact) mass is 500 g/mol. The third-order valence-electron chi connectivity index (χ3n) is 7.22. The highest BCUT2D eigenvalue weighted by atomic mass is 19.1. The summed E-state index contributed by atoms with van der Waals surface area (Å²) in [5.41, 5.74) is 4.22. The van der Waals surface area contributed by atoms with Crippen molar-refractivity contribution in [3.05, 3.63) is 89.4 Å². The highest BCUT2D eigenvalue weighted by Gasteiger charge is 2.18. The lowest BCUT2D eigenvalue weighted by Crippen LogP contribution is -2.30. The van der Waals surface area contributed by atoms with E-state index in [0.29, 0.717) is 17.9 Å². The molecule has 0 bridgehead atoms. The Bertz CT molecular complexity index is 1360. The van der Waals surface area contributed by atoms with Gasteiger partial charge in [-0.2, -0.15) is 5.10 Å². The predicted octanol–water partition coefficient (Wildman–Crippen LogP) is 6.05.